The van der Waals surface area contributed by atoms with Gasteiger partial charge in [-0.25, -0.2) is 4.79 Å². The standard InChI is InChI=1S/C22H18N2O6S4/c25-16(9-14-2-1-6-31-14)23-17-19(26)24-18(21(27)28)13(10-33-20(17)24)4-7-32-15-8-12-3-5-30-22(12)34(29)11-15/h1-8,17,20H,9-11H2,(H,23,25)(H,27,28)/t17?,20-,34?/m0/s1. The first kappa shape index (κ1) is 23.2. The summed E-state index contributed by atoms with van der Waals surface area (Å²) >= 11 is 4.24. The molecule has 1 fully saturated rings. The number of hydrogen-bond donors (Lipinski definition) is 2. The van der Waals surface area contributed by atoms with Gasteiger partial charge in [-0.05, 0) is 40.6 Å². The minimum atomic E-state index is -1.25. The number of hydrogen-bond acceptors (Lipinski definition) is 8. The molecule has 0 aliphatic carbocycles. The number of carboxylic acid groups (broad SMARTS) is 1. The van der Waals surface area contributed by atoms with Crippen molar-refractivity contribution in [3.63, 3.8) is 0 Å². The van der Waals surface area contributed by atoms with Gasteiger partial charge in [-0.2, -0.15) is 0 Å². The smallest absolute Gasteiger partial charge is 0.352 e. The molecule has 0 aromatic carbocycles. The lowest BCUT2D eigenvalue weighted by Crippen LogP contribution is -2.70. The highest BCUT2D eigenvalue weighted by molar-refractivity contribution is 8.06. The number of thiophene rings is 1. The fraction of sp³-hybridized carbons (Fsp3) is 0.227. The number of β-lactam (4-membered cyclic amide) rings is 1. The van der Waals surface area contributed by atoms with Gasteiger partial charge in [0.1, 0.15) is 17.1 Å². The van der Waals surface area contributed by atoms with Gasteiger partial charge in [-0.3, -0.25) is 18.7 Å². The number of fused-ring (bicyclic) bond motifs is 2. The van der Waals surface area contributed by atoms with Crippen LogP contribution in [0.4, 0.5) is 0 Å². The Morgan fingerprint density at radius 3 is 3.00 bits per heavy atom. The molecule has 2 unspecified atom stereocenters. The van der Waals surface area contributed by atoms with Gasteiger partial charge in [0.25, 0.3) is 5.91 Å². The summed E-state index contributed by atoms with van der Waals surface area (Å²) in [5, 5.41) is 16.2. The van der Waals surface area contributed by atoms with Gasteiger partial charge in [-0.15, -0.1) is 34.9 Å². The second-order valence-electron chi connectivity index (χ2n) is 7.57. The SMILES string of the molecule is O=C(Cc1cccs1)NC1C(=O)N2C(C(=O)O)=C(C=CSC3=Cc4ccoc4S(=O)C3)CS[C@@H]12. The third-order valence-corrected chi connectivity index (χ3v) is 9.89. The number of furan rings is 1. The molecule has 5 heterocycles. The van der Waals surface area contributed by atoms with Crippen molar-refractivity contribution in [3.8, 4) is 0 Å². The molecule has 34 heavy (non-hydrogen) atoms. The summed E-state index contributed by atoms with van der Waals surface area (Å²) in [6.45, 7) is 0. The lowest BCUT2D eigenvalue weighted by atomic mass is 10.0. The van der Waals surface area contributed by atoms with Gasteiger partial charge in [0.15, 0.2) is 5.09 Å². The summed E-state index contributed by atoms with van der Waals surface area (Å²) in [6.07, 6.45) is 5.27. The number of carbonyl (C=O) groups excluding carboxylic acids is 2. The second-order valence-corrected chi connectivity index (χ2v) is 12.1. The van der Waals surface area contributed by atoms with Crippen molar-refractivity contribution in [1.82, 2.24) is 10.2 Å². The average Bonchev–Trinajstić information content (AvgIpc) is 3.49. The maximum Gasteiger partial charge on any atom is 0.352 e. The van der Waals surface area contributed by atoms with Gasteiger partial charge in [0, 0.05) is 21.1 Å². The lowest BCUT2D eigenvalue weighted by Gasteiger charge is -2.49. The van der Waals surface area contributed by atoms with Crippen LogP contribution in [0.5, 0.6) is 0 Å². The molecular weight excluding hydrogens is 517 g/mol. The highest BCUT2D eigenvalue weighted by Gasteiger charge is 2.53. The summed E-state index contributed by atoms with van der Waals surface area (Å²) in [5.41, 5.74) is 1.23. The Balaban J connectivity index is 1.27. The highest BCUT2D eigenvalue weighted by Crippen LogP contribution is 2.41. The van der Waals surface area contributed by atoms with E-state index in [9.17, 15) is 23.7 Å². The zero-order chi connectivity index (χ0) is 23.8. The summed E-state index contributed by atoms with van der Waals surface area (Å²) < 4.78 is 17.5. The number of aliphatic carboxylic acids is 1. The van der Waals surface area contributed by atoms with Crippen LogP contribution in [0.1, 0.15) is 10.4 Å². The van der Waals surface area contributed by atoms with E-state index in [1.807, 2.05) is 23.6 Å². The first-order chi connectivity index (χ1) is 16.4. The Labute approximate surface area is 209 Å². The van der Waals surface area contributed by atoms with E-state index in [2.05, 4.69) is 5.32 Å². The average molecular weight is 535 g/mol. The number of amides is 2. The molecule has 3 aliphatic heterocycles. The Bertz CT molecular complexity index is 1280. The molecule has 1 saturated heterocycles. The van der Waals surface area contributed by atoms with E-state index < -0.39 is 34.1 Å². The molecule has 0 saturated carbocycles. The third-order valence-electron chi connectivity index (χ3n) is 5.38. The van der Waals surface area contributed by atoms with Gasteiger partial charge in [-0.1, -0.05) is 6.07 Å². The van der Waals surface area contributed by atoms with E-state index in [-0.39, 0.29) is 18.0 Å². The van der Waals surface area contributed by atoms with Crippen LogP contribution in [-0.4, -0.2) is 54.9 Å². The lowest BCUT2D eigenvalue weighted by molar-refractivity contribution is -0.150. The van der Waals surface area contributed by atoms with Gasteiger partial charge < -0.3 is 14.8 Å². The third kappa shape index (κ3) is 4.42. The fourth-order valence-corrected chi connectivity index (χ4v) is 8.09. The van der Waals surface area contributed by atoms with Crippen LogP contribution in [0.3, 0.4) is 0 Å². The maximum atomic E-state index is 12.8. The molecule has 176 valence electrons. The van der Waals surface area contributed by atoms with Crippen molar-refractivity contribution in [2.45, 2.75) is 22.9 Å². The number of carbonyl (C=O) groups is 3. The quantitative estimate of drug-likeness (QED) is 0.521. The van der Waals surface area contributed by atoms with Crippen LogP contribution < -0.4 is 5.32 Å². The minimum Gasteiger partial charge on any atom is -0.477 e. The fourth-order valence-electron chi connectivity index (χ4n) is 3.85. The minimum absolute atomic E-state index is 0.0623. The summed E-state index contributed by atoms with van der Waals surface area (Å²) in [7, 11) is -1.25. The molecular formula is C22H18N2O6S4. The molecule has 5 rings (SSSR count). The van der Waals surface area contributed by atoms with Crippen molar-refractivity contribution in [2.75, 3.05) is 11.5 Å². The van der Waals surface area contributed by atoms with E-state index in [0.29, 0.717) is 22.2 Å². The van der Waals surface area contributed by atoms with Gasteiger partial charge >= 0.3 is 5.97 Å². The van der Waals surface area contributed by atoms with E-state index >= 15 is 0 Å². The van der Waals surface area contributed by atoms with Crippen molar-refractivity contribution in [1.29, 1.82) is 0 Å². The van der Waals surface area contributed by atoms with Crippen LogP contribution in [0.15, 0.2) is 67.0 Å². The largest absolute Gasteiger partial charge is 0.477 e. The van der Waals surface area contributed by atoms with Gasteiger partial charge in [0.2, 0.25) is 5.91 Å². The highest BCUT2D eigenvalue weighted by atomic mass is 32.2. The molecule has 12 heteroatoms. The number of rotatable bonds is 7. The number of nitrogens with one attached hydrogen (secondary N) is 1. The van der Waals surface area contributed by atoms with Gasteiger partial charge in [0.05, 0.1) is 29.2 Å². The monoisotopic (exact) mass is 534 g/mol. The molecule has 3 atom stereocenters. The first-order valence-corrected chi connectivity index (χ1v) is 14.3. The topological polar surface area (TPSA) is 117 Å². The van der Waals surface area contributed by atoms with Crippen LogP contribution in [-0.2, 0) is 31.6 Å². The predicted octanol–water partition coefficient (Wildman–Crippen LogP) is 3.03. The van der Waals surface area contributed by atoms with Crippen molar-refractivity contribution in [2.24, 2.45) is 0 Å². The molecule has 2 aromatic rings. The summed E-state index contributed by atoms with van der Waals surface area (Å²) in [4.78, 5) is 40.1. The first-order valence-electron chi connectivity index (χ1n) is 10.1. The number of thioether (sulfide) groups is 2. The molecule has 0 bridgehead atoms. The van der Waals surface area contributed by atoms with Crippen LogP contribution >= 0.6 is 34.9 Å². The van der Waals surface area contributed by atoms with E-state index in [4.69, 9.17) is 4.42 Å². The van der Waals surface area contributed by atoms with Crippen molar-refractivity contribution >= 4 is 69.5 Å². The van der Waals surface area contributed by atoms with E-state index in [0.717, 1.165) is 15.3 Å². The summed E-state index contributed by atoms with van der Waals surface area (Å²) in [5.74, 6) is -1.16. The van der Waals surface area contributed by atoms with Crippen LogP contribution in [0.2, 0.25) is 0 Å². The van der Waals surface area contributed by atoms with E-state index in [1.165, 1.54) is 46.0 Å². The Morgan fingerprint density at radius 2 is 2.24 bits per heavy atom. The molecule has 0 radical (unpaired) electrons. The van der Waals surface area contributed by atoms with Crippen molar-refractivity contribution < 1.29 is 28.1 Å². The van der Waals surface area contributed by atoms with E-state index in [1.54, 1.807) is 17.6 Å². The van der Waals surface area contributed by atoms with Crippen LogP contribution in [0, 0.1) is 0 Å². The molecule has 2 aromatic heterocycles. The molecule has 8 nitrogen and oxygen atoms in total. The summed E-state index contributed by atoms with van der Waals surface area (Å²) in [6, 6.07) is 4.73. The Hall–Kier alpha value is -2.54. The normalized spacial score (nSPS) is 23.9. The Kier molecular flexibility index (Phi) is 6.56. The number of nitrogens with zero attached hydrogens (tertiary/aromatic N) is 1. The molecule has 2 N–H and O–H groups in total. The predicted molar refractivity (Wildman–Crippen MR) is 132 cm³/mol. The zero-order valence-corrected chi connectivity index (χ0v) is 20.7. The number of carboxylic acids is 1. The molecule has 0 spiro atoms. The van der Waals surface area contributed by atoms with Crippen LogP contribution in [0.25, 0.3) is 6.08 Å². The van der Waals surface area contributed by atoms with Crippen molar-refractivity contribution in [3.05, 3.63) is 67.9 Å². The zero-order valence-electron chi connectivity index (χ0n) is 17.5. The molecule has 2 amide bonds. The molecule has 3 aliphatic rings. The Morgan fingerprint density at radius 1 is 1.38 bits per heavy atom. The second kappa shape index (κ2) is 9.61. The number of allylic oxidation sites excluding steroid dienone is 1. The maximum absolute atomic E-state index is 12.8.